The number of nitro groups is 1. The number of halogens is 2. The highest BCUT2D eigenvalue weighted by Gasteiger charge is 2.31. The van der Waals surface area contributed by atoms with Crippen LogP contribution >= 0.6 is 23.2 Å². The normalized spacial score (nSPS) is 14.1. The number of non-ortho nitro benzene ring substituents is 1. The smallest absolute Gasteiger partial charge is 0.269 e. The summed E-state index contributed by atoms with van der Waals surface area (Å²) in [6, 6.07) is 11.4. The lowest BCUT2D eigenvalue weighted by Gasteiger charge is -2.29. The Bertz CT molecular complexity index is 1040. The van der Waals surface area contributed by atoms with Gasteiger partial charge in [-0.2, -0.15) is 5.10 Å². The number of aromatic nitrogens is 2. The van der Waals surface area contributed by atoms with Crippen molar-refractivity contribution in [3.63, 3.8) is 0 Å². The van der Waals surface area contributed by atoms with E-state index >= 15 is 0 Å². The first-order chi connectivity index (χ1) is 13.5. The second-order valence-corrected chi connectivity index (χ2v) is 6.75. The summed E-state index contributed by atoms with van der Waals surface area (Å²) in [5.41, 5.74) is 5.19. The fraction of sp³-hybridized carbons (Fsp3) is 0.0588. The molecule has 0 saturated heterocycles. The van der Waals surface area contributed by atoms with Gasteiger partial charge in [0.1, 0.15) is 0 Å². The number of benzene rings is 2. The number of hydrazone groups is 1. The number of rotatable bonds is 5. The van der Waals surface area contributed by atoms with Crippen LogP contribution in [0.5, 0.6) is 0 Å². The molecule has 3 aromatic rings. The molecule has 0 amide bonds. The fourth-order valence-electron chi connectivity index (χ4n) is 2.77. The second kappa shape index (κ2) is 7.47. The Morgan fingerprint density at radius 2 is 1.93 bits per heavy atom. The quantitative estimate of drug-likeness (QED) is 0.484. The van der Waals surface area contributed by atoms with Gasteiger partial charge in [0, 0.05) is 23.4 Å². The SMILES string of the molecule is O=[N+]([O-])c1ccc(CN2NN=C(c3cn[nH]c3)N2c2cc(Cl)ccc2Cl)cc1. The zero-order valence-electron chi connectivity index (χ0n) is 14.2. The van der Waals surface area contributed by atoms with Crippen LogP contribution in [0.4, 0.5) is 11.4 Å². The molecule has 142 valence electrons. The zero-order chi connectivity index (χ0) is 19.7. The minimum absolute atomic E-state index is 0.0307. The first kappa shape index (κ1) is 18.2. The van der Waals surface area contributed by atoms with E-state index in [1.807, 2.05) is 0 Å². The van der Waals surface area contributed by atoms with E-state index in [4.69, 9.17) is 23.2 Å². The van der Waals surface area contributed by atoms with Crippen LogP contribution in [-0.2, 0) is 6.54 Å². The number of nitrogens with one attached hydrogen (secondary N) is 2. The molecule has 4 rings (SSSR count). The highest BCUT2D eigenvalue weighted by Crippen LogP contribution is 2.33. The molecular formula is C17H13Cl2N7O2. The topological polar surface area (TPSA) is 103 Å². The van der Waals surface area contributed by atoms with Crippen molar-refractivity contribution in [2.24, 2.45) is 5.10 Å². The second-order valence-electron chi connectivity index (χ2n) is 5.91. The summed E-state index contributed by atoms with van der Waals surface area (Å²) < 4.78 is 0. The maximum Gasteiger partial charge on any atom is 0.269 e. The highest BCUT2D eigenvalue weighted by atomic mass is 35.5. The molecule has 1 aliphatic rings. The van der Waals surface area contributed by atoms with Gasteiger partial charge >= 0.3 is 0 Å². The van der Waals surface area contributed by atoms with Crippen molar-refractivity contribution >= 4 is 40.4 Å². The third kappa shape index (κ3) is 3.50. The molecule has 1 aliphatic heterocycles. The Kier molecular flexibility index (Phi) is 4.86. The first-order valence-electron chi connectivity index (χ1n) is 8.11. The predicted octanol–water partition coefficient (Wildman–Crippen LogP) is 3.73. The lowest BCUT2D eigenvalue weighted by molar-refractivity contribution is -0.384. The van der Waals surface area contributed by atoms with Gasteiger partial charge < -0.3 is 0 Å². The van der Waals surface area contributed by atoms with E-state index < -0.39 is 4.92 Å². The molecule has 0 atom stereocenters. The summed E-state index contributed by atoms with van der Waals surface area (Å²) in [6.45, 7) is 0.367. The van der Waals surface area contributed by atoms with E-state index in [-0.39, 0.29) is 5.69 Å². The lowest BCUT2D eigenvalue weighted by atomic mass is 10.2. The largest absolute Gasteiger partial charge is 0.285 e. The van der Waals surface area contributed by atoms with Gasteiger partial charge in [-0.15, -0.1) is 10.2 Å². The van der Waals surface area contributed by atoms with Crippen molar-refractivity contribution in [3.05, 3.63) is 86.1 Å². The van der Waals surface area contributed by atoms with E-state index in [0.29, 0.717) is 28.1 Å². The molecule has 0 aliphatic carbocycles. The van der Waals surface area contributed by atoms with Crippen LogP contribution in [0.1, 0.15) is 11.1 Å². The number of H-pyrrole nitrogens is 1. The van der Waals surface area contributed by atoms with E-state index in [0.717, 1.165) is 11.1 Å². The number of hydrazine groups is 2. The van der Waals surface area contributed by atoms with Gasteiger partial charge in [0.2, 0.25) is 0 Å². The monoisotopic (exact) mass is 417 g/mol. The Morgan fingerprint density at radius 1 is 1.14 bits per heavy atom. The number of amidine groups is 1. The van der Waals surface area contributed by atoms with Crippen LogP contribution in [0.3, 0.4) is 0 Å². The van der Waals surface area contributed by atoms with Crippen molar-refractivity contribution in [2.45, 2.75) is 6.54 Å². The third-order valence-corrected chi connectivity index (χ3v) is 4.64. The molecule has 9 nitrogen and oxygen atoms in total. The lowest BCUT2D eigenvalue weighted by Crippen LogP contribution is -2.45. The average Bonchev–Trinajstić information content (AvgIpc) is 3.34. The number of nitro benzene ring substituents is 1. The Balaban J connectivity index is 1.68. The molecule has 28 heavy (non-hydrogen) atoms. The molecule has 0 unspecified atom stereocenters. The molecule has 0 radical (unpaired) electrons. The van der Waals surface area contributed by atoms with Crippen LogP contribution < -0.4 is 10.5 Å². The summed E-state index contributed by atoms with van der Waals surface area (Å²) in [7, 11) is 0. The zero-order valence-corrected chi connectivity index (χ0v) is 15.7. The molecular weight excluding hydrogens is 405 g/mol. The van der Waals surface area contributed by atoms with Gasteiger partial charge in [-0.25, -0.2) is 10.5 Å². The summed E-state index contributed by atoms with van der Waals surface area (Å²) in [5, 5.41) is 26.5. The molecule has 1 aromatic heterocycles. The molecule has 0 bridgehead atoms. The van der Waals surface area contributed by atoms with Crippen LogP contribution in [-0.4, -0.2) is 26.1 Å². The molecule has 2 N–H and O–H groups in total. The number of nitrogens with zero attached hydrogens (tertiary/aromatic N) is 5. The number of aromatic amines is 1. The predicted molar refractivity (Wildman–Crippen MR) is 106 cm³/mol. The summed E-state index contributed by atoms with van der Waals surface area (Å²) >= 11 is 12.6. The minimum atomic E-state index is -0.434. The van der Waals surface area contributed by atoms with E-state index in [1.54, 1.807) is 52.9 Å². The van der Waals surface area contributed by atoms with Gasteiger partial charge in [0.25, 0.3) is 5.69 Å². The minimum Gasteiger partial charge on any atom is -0.285 e. The maximum atomic E-state index is 10.9. The first-order valence-corrected chi connectivity index (χ1v) is 8.87. The van der Waals surface area contributed by atoms with Crippen LogP contribution in [0.15, 0.2) is 60.0 Å². The number of hydrogen-bond donors (Lipinski definition) is 2. The van der Waals surface area contributed by atoms with Crippen molar-refractivity contribution in [1.29, 1.82) is 0 Å². The Labute approximate surface area is 169 Å². The van der Waals surface area contributed by atoms with Crippen molar-refractivity contribution in [1.82, 2.24) is 20.9 Å². The van der Waals surface area contributed by atoms with Gasteiger partial charge in [-0.05, 0) is 23.8 Å². The van der Waals surface area contributed by atoms with E-state index in [9.17, 15) is 10.1 Å². The van der Waals surface area contributed by atoms with Crippen molar-refractivity contribution < 1.29 is 4.92 Å². The molecule has 0 spiro atoms. The molecule has 2 heterocycles. The van der Waals surface area contributed by atoms with E-state index in [2.05, 4.69) is 20.8 Å². The third-order valence-electron chi connectivity index (χ3n) is 4.09. The highest BCUT2D eigenvalue weighted by molar-refractivity contribution is 6.36. The summed E-state index contributed by atoms with van der Waals surface area (Å²) in [4.78, 5) is 10.4. The van der Waals surface area contributed by atoms with Crippen molar-refractivity contribution in [3.8, 4) is 0 Å². The van der Waals surface area contributed by atoms with Gasteiger partial charge in [-0.3, -0.25) is 15.2 Å². The van der Waals surface area contributed by atoms with Gasteiger partial charge in [0.15, 0.2) is 5.84 Å². The summed E-state index contributed by atoms with van der Waals surface area (Å²) in [6.07, 6.45) is 3.35. The standard InChI is InChI=1S/C17H13Cl2N7O2/c18-13-3-6-15(19)16(7-13)25-17(12-8-20-21-9-12)22-23-24(25)10-11-1-4-14(5-2-11)26(27)28/h1-9,23H,10H2,(H,20,21). The fourth-order valence-corrected chi connectivity index (χ4v) is 3.13. The van der Waals surface area contributed by atoms with Crippen LogP contribution in [0.25, 0.3) is 0 Å². The maximum absolute atomic E-state index is 10.9. The average molecular weight is 418 g/mol. The molecule has 2 aromatic carbocycles. The number of anilines is 1. The van der Waals surface area contributed by atoms with E-state index in [1.165, 1.54) is 12.1 Å². The number of hydrogen-bond acceptors (Lipinski definition) is 7. The van der Waals surface area contributed by atoms with Crippen molar-refractivity contribution in [2.75, 3.05) is 5.01 Å². The summed E-state index contributed by atoms with van der Waals surface area (Å²) in [5.74, 6) is 0.569. The molecule has 0 saturated carbocycles. The molecule has 0 fully saturated rings. The van der Waals surface area contributed by atoms with Crippen LogP contribution in [0.2, 0.25) is 10.0 Å². The Hall–Kier alpha value is -3.14. The van der Waals surface area contributed by atoms with Gasteiger partial charge in [-0.1, -0.05) is 35.3 Å². The molecule has 11 heteroatoms. The van der Waals surface area contributed by atoms with Gasteiger partial charge in [0.05, 0.1) is 33.9 Å². The van der Waals surface area contributed by atoms with Crippen LogP contribution in [0, 0.1) is 10.1 Å². The Morgan fingerprint density at radius 3 is 2.61 bits per heavy atom.